The van der Waals surface area contributed by atoms with Gasteiger partial charge in [0.05, 0.1) is 25.1 Å². The zero-order chi connectivity index (χ0) is 15.1. The molecule has 0 radical (unpaired) electrons. The fourth-order valence-corrected chi connectivity index (χ4v) is 2.35. The molecule has 1 N–H and O–H groups in total. The van der Waals surface area contributed by atoms with Crippen molar-refractivity contribution in [1.82, 2.24) is 14.9 Å². The molecule has 21 heavy (non-hydrogen) atoms. The minimum atomic E-state index is 0.569. The Hall–Kier alpha value is -1.72. The van der Waals surface area contributed by atoms with Gasteiger partial charge in [0.15, 0.2) is 11.5 Å². The average molecular weight is 310 g/mol. The number of halogens is 1. The van der Waals surface area contributed by atoms with E-state index in [1.54, 1.807) is 19.6 Å². The SMILES string of the molecule is CNCc1cc(Cl)c(OCCCn2ccnc2)c(OC)c1. The number of imidazole rings is 1. The summed E-state index contributed by atoms with van der Waals surface area (Å²) < 4.78 is 13.2. The lowest BCUT2D eigenvalue weighted by Crippen LogP contribution is -2.07. The Morgan fingerprint density at radius 1 is 1.38 bits per heavy atom. The molecule has 6 heteroatoms. The van der Waals surface area contributed by atoms with E-state index >= 15 is 0 Å². The molecule has 0 atom stereocenters. The quantitative estimate of drug-likeness (QED) is 0.762. The number of hydrogen-bond acceptors (Lipinski definition) is 4. The molecule has 2 rings (SSSR count). The molecular weight excluding hydrogens is 290 g/mol. The molecule has 0 unspecified atom stereocenters. The highest BCUT2D eigenvalue weighted by Gasteiger charge is 2.11. The summed E-state index contributed by atoms with van der Waals surface area (Å²) in [5.41, 5.74) is 1.06. The number of ether oxygens (including phenoxy) is 2. The molecule has 0 bridgehead atoms. The number of benzene rings is 1. The number of hydrogen-bond donors (Lipinski definition) is 1. The van der Waals surface area contributed by atoms with E-state index in [2.05, 4.69) is 10.3 Å². The Bertz CT molecular complexity index is 558. The highest BCUT2D eigenvalue weighted by atomic mass is 35.5. The van der Waals surface area contributed by atoms with Gasteiger partial charge in [0, 0.05) is 25.5 Å². The van der Waals surface area contributed by atoms with Crippen LogP contribution in [-0.2, 0) is 13.1 Å². The van der Waals surface area contributed by atoms with Crippen molar-refractivity contribution >= 4 is 11.6 Å². The molecule has 0 saturated heterocycles. The molecule has 5 nitrogen and oxygen atoms in total. The summed E-state index contributed by atoms with van der Waals surface area (Å²) >= 11 is 6.28. The third-order valence-corrected chi connectivity index (χ3v) is 3.32. The highest BCUT2D eigenvalue weighted by molar-refractivity contribution is 6.32. The molecule has 1 aromatic heterocycles. The number of aryl methyl sites for hydroxylation is 1. The summed E-state index contributed by atoms with van der Waals surface area (Å²) in [6, 6.07) is 3.83. The van der Waals surface area contributed by atoms with E-state index < -0.39 is 0 Å². The minimum Gasteiger partial charge on any atom is -0.493 e. The van der Waals surface area contributed by atoms with Gasteiger partial charge in [0.1, 0.15) is 0 Å². The number of methoxy groups -OCH3 is 1. The van der Waals surface area contributed by atoms with Gasteiger partial charge in [-0.15, -0.1) is 0 Å². The van der Waals surface area contributed by atoms with Crippen LogP contribution in [0.15, 0.2) is 30.9 Å². The molecule has 1 aromatic carbocycles. The first-order valence-corrected chi connectivity index (χ1v) is 7.22. The fraction of sp³-hybridized carbons (Fsp3) is 0.400. The van der Waals surface area contributed by atoms with Crippen molar-refractivity contribution in [3.05, 3.63) is 41.4 Å². The number of nitrogens with one attached hydrogen (secondary N) is 1. The second-order valence-electron chi connectivity index (χ2n) is 4.64. The maximum absolute atomic E-state index is 6.28. The average Bonchev–Trinajstić information content (AvgIpc) is 2.98. The van der Waals surface area contributed by atoms with Crippen molar-refractivity contribution in [3.63, 3.8) is 0 Å². The van der Waals surface area contributed by atoms with Crippen molar-refractivity contribution in [2.45, 2.75) is 19.5 Å². The van der Waals surface area contributed by atoms with Gasteiger partial charge >= 0.3 is 0 Å². The van der Waals surface area contributed by atoms with E-state index in [-0.39, 0.29) is 0 Å². The number of aromatic nitrogens is 2. The largest absolute Gasteiger partial charge is 0.493 e. The van der Waals surface area contributed by atoms with Gasteiger partial charge in [-0.1, -0.05) is 11.6 Å². The van der Waals surface area contributed by atoms with E-state index in [4.69, 9.17) is 21.1 Å². The molecule has 0 spiro atoms. The van der Waals surface area contributed by atoms with Crippen LogP contribution >= 0.6 is 11.6 Å². The first kappa shape index (κ1) is 15.7. The standard InChI is InChI=1S/C15H20ClN3O2/c1-17-10-12-8-13(16)15(14(9-12)20-2)21-7-3-5-19-6-4-18-11-19/h4,6,8-9,11,17H,3,5,7,10H2,1-2H3. The lowest BCUT2D eigenvalue weighted by molar-refractivity contribution is 0.282. The maximum Gasteiger partial charge on any atom is 0.179 e. The molecule has 1 heterocycles. The van der Waals surface area contributed by atoms with E-state index in [0.717, 1.165) is 25.1 Å². The van der Waals surface area contributed by atoms with Crippen LogP contribution in [0.1, 0.15) is 12.0 Å². The summed E-state index contributed by atoms with van der Waals surface area (Å²) in [5.74, 6) is 1.26. The summed E-state index contributed by atoms with van der Waals surface area (Å²) in [4.78, 5) is 4.00. The molecular formula is C15H20ClN3O2. The monoisotopic (exact) mass is 309 g/mol. The van der Waals surface area contributed by atoms with Crippen LogP contribution < -0.4 is 14.8 Å². The van der Waals surface area contributed by atoms with Gasteiger partial charge < -0.3 is 19.4 Å². The second-order valence-corrected chi connectivity index (χ2v) is 5.05. The van der Waals surface area contributed by atoms with Gasteiger partial charge in [-0.05, 0) is 31.2 Å². The zero-order valence-electron chi connectivity index (χ0n) is 12.3. The van der Waals surface area contributed by atoms with Crippen molar-refractivity contribution in [2.75, 3.05) is 20.8 Å². The first-order valence-electron chi connectivity index (χ1n) is 6.84. The van der Waals surface area contributed by atoms with Gasteiger partial charge in [0.2, 0.25) is 0 Å². The predicted molar refractivity (Wildman–Crippen MR) is 83.1 cm³/mol. The molecule has 2 aromatic rings. The highest BCUT2D eigenvalue weighted by Crippen LogP contribution is 2.36. The Balaban J connectivity index is 1.95. The molecule has 0 aliphatic rings. The zero-order valence-corrected chi connectivity index (χ0v) is 13.1. The van der Waals surface area contributed by atoms with Crippen LogP contribution in [-0.4, -0.2) is 30.3 Å². The lowest BCUT2D eigenvalue weighted by atomic mass is 10.2. The van der Waals surface area contributed by atoms with Crippen LogP contribution in [0.5, 0.6) is 11.5 Å². The molecule has 0 fully saturated rings. The van der Waals surface area contributed by atoms with Crippen molar-refractivity contribution in [2.24, 2.45) is 0 Å². The Labute approximate surface area is 129 Å². The molecule has 0 amide bonds. The first-order chi connectivity index (χ1) is 10.2. The summed E-state index contributed by atoms with van der Waals surface area (Å²) in [6.45, 7) is 2.16. The Morgan fingerprint density at radius 2 is 2.24 bits per heavy atom. The van der Waals surface area contributed by atoms with Crippen molar-refractivity contribution in [3.8, 4) is 11.5 Å². The van der Waals surface area contributed by atoms with E-state index in [0.29, 0.717) is 23.1 Å². The van der Waals surface area contributed by atoms with Gasteiger partial charge in [-0.2, -0.15) is 0 Å². The fourth-order valence-electron chi connectivity index (χ4n) is 2.06. The summed E-state index contributed by atoms with van der Waals surface area (Å²) in [6.07, 6.45) is 6.36. The molecule has 0 aliphatic heterocycles. The van der Waals surface area contributed by atoms with Gasteiger partial charge in [0.25, 0.3) is 0 Å². The van der Waals surface area contributed by atoms with Crippen LogP contribution in [0.2, 0.25) is 5.02 Å². The third kappa shape index (κ3) is 4.37. The van der Waals surface area contributed by atoms with Crippen LogP contribution in [0.25, 0.3) is 0 Å². The smallest absolute Gasteiger partial charge is 0.179 e. The lowest BCUT2D eigenvalue weighted by Gasteiger charge is -2.14. The van der Waals surface area contributed by atoms with Gasteiger partial charge in [-0.3, -0.25) is 0 Å². The number of rotatable bonds is 8. The van der Waals surface area contributed by atoms with Crippen LogP contribution in [0, 0.1) is 0 Å². The molecule has 0 aliphatic carbocycles. The third-order valence-electron chi connectivity index (χ3n) is 3.04. The van der Waals surface area contributed by atoms with Crippen LogP contribution in [0.4, 0.5) is 0 Å². The van der Waals surface area contributed by atoms with Crippen molar-refractivity contribution in [1.29, 1.82) is 0 Å². The second kappa shape index (κ2) is 7.90. The van der Waals surface area contributed by atoms with E-state index in [1.807, 2.05) is 29.9 Å². The summed E-state index contributed by atoms with van der Waals surface area (Å²) in [7, 11) is 3.51. The predicted octanol–water partition coefficient (Wildman–Crippen LogP) is 2.73. The molecule has 114 valence electrons. The Kier molecular flexibility index (Phi) is 5.90. The normalized spacial score (nSPS) is 10.6. The minimum absolute atomic E-state index is 0.569. The van der Waals surface area contributed by atoms with Crippen LogP contribution in [0.3, 0.4) is 0 Å². The summed E-state index contributed by atoms with van der Waals surface area (Å²) in [5, 5.41) is 3.66. The number of nitrogens with zero attached hydrogens (tertiary/aromatic N) is 2. The molecule has 0 saturated carbocycles. The van der Waals surface area contributed by atoms with Crippen molar-refractivity contribution < 1.29 is 9.47 Å². The van der Waals surface area contributed by atoms with Gasteiger partial charge in [-0.25, -0.2) is 4.98 Å². The maximum atomic E-state index is 6.28. The van der Waals surface area contributed by atoms with E-state index in [1.165, 1.54) is 0 Å². The topological polar surface area (TPSA) is 48.3 Å². The van der Waals surface area contributed by atoms with E-state index in [9.17, 15) is 0 Å². The Morgan fingerprint density at radius 3 is 2.90 bits per heavy atom.